The summed E-state index contributed by atoms with van der Waals surface area (Å²) < 4.78 is 0. The summed E-state index contributed by atoms with van der Waals surface area (Å²) >= 11 is 0. The van der Waals surface area contributed by atoms with E-state index < -0.39 is 0 Å². The first-order valence-corrected chi connectivity index (χ1v) is 19.5. The number of benzene rings is 5. The predicted octanol–water partition coefficient (Wildman–Crippen LogP) is 11.2. The van der Waals surface area contributed by atoms with Crippen LogP contribution in [0.4, 0.5) is 0 Å². The standard InChI is InChI=1S/C51H33N9/c1-5-15-35(16-6-1)46-55-47(36-17-7-2-8-18-36)58-50(57-46)39-26-24-34(25-27-39)41-31-44(42-23-13-14-30-52-42)54-45(32-41)43-29-28-40(33-53-43)51-59-48(37-19-9-3-10-20-37)56-49(60-51)38-21-11-4-12-22-38/h1-33H. The maximum Gasteiger partial charge on any atom is 0.165 e. The van der Waals surface area contributed by atoms with E-state index in [1.165, 1.54) is 0 Å². The molecule has 0 spiro atoms. The van der Waals surface area contributed by atoms with Gasteiger partial charge in [0.1, 0.15) is 0 Å². The third-order valence-electron chi connectivity index (χ3n) is 9.91. The number of nitrogens with zero attached hydrogens (tertiary/aromatic N) is 9. The molecular weight excluding hydrogens is 739 g/mol. The molecule has 10 aromatic rings. The molecule has 5 aromatic carbocycles. The van der Waals surface area contributed by atoms with Crippen LogP contribution in [0.15, 0.2) is 200 Å². The van der Waals surface area contributed by atoms with Crippen molar-refractivity contribution < 1.29 is 0 Å². The van der Waals surface area contributed by atoms with E-state index in [0.717, 1.165) is 55.9 Å². The van der Waals surface area contributed by atoms with E-state index in [9.17, 15) is 0 Å². The summed E-state index contributed by atoms with van der Waals surface area (Å²) in [4.78, 5) is 43.9. The van der Waals surface area contributed by atoms with Gasteiger partial charge in [0.15, 0.2) is 34.9 Å². The van der Waals surface area contributed by atoms with Gasteiger partial charge >= 0.3 is 0 Å². The average molecular weight is 772 g/mol. The molecule has 282 valence electrons. The second-order valence-corrected chi connectivity index (χ2v) is 13.9. The Hall–Kier alpha value is -8.43. The Morgan fingerprint density at radius 1 is 0.217 bits per heavy atom. The molecule has 60 heavy (non-hydrogen) atoms. The molecule has 9 heteroatoms. The van der Waals surface area contributed by atoms with Gasteiger partial charge in [-0.25, -0.2) is 34.9 Å². The van der Waals surface area contributed by atoms with Crippen LogP contribution in [0, 0.1) is 0 Å². The molecule has 0 amide bonds. The minimum Gasteiger partial charge on any atom is -0.255 e. The Balaban J connectivity index is 1.01. The van der Waals surface area contributed by atoms with E-state index in [0.29, 0.717) is 46.3 Å². The highest BCUT2D eigenvalue weighted by Gasteiger charge is 2.16. The Bertz CT molecular complexity index is 2740. The lowest BCUT2D eigenvalue weighted by molar-refractivity contribution is 1.07. The highest BCUT2D eigenvalue weighted by atomic mass is 15.0. The Kier molecular flexibility index (Phi) is 9.71. The van der Waals surface area contributed by atoms with Crippen molar-refractivity contribution in [3.05, 3.63) is 200 Å². The summed E-state index contributed by atoms with van der Waals surface area (Å²) in [5.41, 5.74) is 10.1. The Morgan fingerprint density at radius 2 is 0.567 bits per heavy atom. The van der Waals surface area contributed by atoms with Gasteiger partial charge in [0.05, 0.1) is 22.8 Å². The quantitative estimate of drug-likeness (QED) is 0.141. The molecule has 0 aliphatic heterocycles. The molecule has 0 saturated carbocycles. The zero-order valence-electron chi connectivity index (χ0n) is 32.1. The summed E-state index contributed by atoms with van der Waals surface area (Å²) in [6.45, 7) is 0. The van der Waals surface area contributed by atoms with Crippen molar-refractivity contribution in [3.63, 3.8) is 0 Å². The lowest BCUT2D eigenvalue weighted by Gasteiger charge is -2.11. The second-order valence-electron chi connectivity index (χ2n) is 13.9. The van der Waals surface area contributed by atoms with Crippen molar-refractivity contribution in [1.29, 1.82) is 0 Å². The minimum absolute atomic E-state index is 0.530. The number of rotatable bonds is 9. The summed E-state index contributed by atoms with van der Waals surface area (Å²) in [5, 5.41) is 0. The van der Waals surface area contributed by atoms with Gasteiger partial charge in [-0.1, -0.05) is 152 Å². The first kappa shape index (κ1) is 35.9. The normalized spacial score (nSPS) is 11.0. The molecule has 9 nitrogen and oxygen atoms in total. The van der Waals surface area contributed by atoms with Gasteiger partial charge in [-0.05, 0) is 47.5 Å². The van der Waals surface area contributed by atoms with Crippen molar-refractivity contribution in [2.24, 2.45) is 0 Å². The molecule has 0 N–H and O–H groups in total. The number of hydrogen-bond acceptors (Lipinski definition) is 9. The molecule has 0 unspecified atom stereocenters. The molecule has 0 fully saturated rings. The van der Waals surface area contributed by atoms with Crippen LogP contribution in [0.2, 0.25) is 0 Å². The van der Waals surface area contributed by atoms with Gasteiger partial charge in [-0.15, -0.1) is 0 Å². The molecule has 0 saturated heterocycles. The maximum atomic E-state index is 5.06. The van der Waals surface area contributed by atoms with Crippen molar-refractivity contribution in [2.75, 3.05) is 0 Å². The molecule has 0 atom stereocenters. The van der Waals surface area contributed by atoms with Crippen LogP contribution in [0.3, 0.4) is 0 Å². The minimum atomic E-state index is 0.530. The Labute approximate surface area is 346 Å². The summed E-state index contributed by atoms with van der Waals surface area (Å²) in [7, 11) is 0. The van der Waals surface area contributed by atoms with Crippen molar-refractivity contribution in [2.45, 2.75) is 0 Å². The average Bonchev–Trinajstić information content (AvgIpc) is 3.35. The SMILES string of the molecule is c1ccc(-c2nc(-c3ccccc3)nc(-c3ccc(-c4cc(-c5ccccn5)nc(-c5ccc(-c6nc(-c7ccccc7)nc(-c7ccccc7)n6)cn5)c4)cc3)n2)cc1. The molecule has 5 aromatic heterocycles. The van der Waals surface area contributed by atoms with E-state index in [2.05, 4.69) is 29.2 Å². The molecular formula is C51H33N9. The largest absolute Gasteiger partial charge is 0.255 e. The molecule has 5 heterocycles. The van der Waals surface area contributed by atoms with Crippen LogP contribution in [-0.2, 0) is 0 Å². The van der Waals surface area contributed by atoms with Gasteiger partial charge < -0.3 is 0 Å². The van der Waals surface area contributed by atoms with Crippen LogP contribution in [0.25, 0.3) is 102 Å². The van der Waals surface area contributed by atoms with Crippen molar-refractivity contribution in [3.8, 4) is 102 Å². The topological polar surface area (TPSA) is 116 Å². The van der Waals surface area contributed by atoms with E-state index in [1.807, 2.05) is 164 Å². The summed E-state index contributed by atoms with van der Waals surface area (Å²) in [6, 6.07) is 61.9. The maximum absolute atomic E-state index is 5.06. The fraction of sp³-hybridized carbons (Fsp3) is 0. The first-order valence-electron chi connectivity index (χ1n) is 19.5. The van der Waals surface area contributed by atoms with Gasteiger partial charge in [0.25, 0.3) is 0 Å². The summed E-state index contributed by atoms with van der Waals surface area (Å²) in [5.74, 6) is 3.53. The number of pyridine rings is 3. The van der Waals surface area contributed by atoms with Crippen molar-refractivity contribution >= 4 is 0 Å². The highest BCUT2D eigenvalue weighted by Crippen LogP contribution is 2.32. The van der Waals surface area contributed by atoms with Crippen LogP contribution < -0.4 is 0 Å². The molecule has 0 aliphatic carbocycles. The number of aromatic nitrogens is 9. The third kappa shape index (κ3) is 7.66. The van der Waals surface area contributed by atoms with E-state index in [-0.39, 0.29) is 0 Å². The van der Waals surface area contributed by atoms with Crippen molar-refractivity contribution in [1.82, 2.24) is 44.9 Å². The highest BCUT2D eigenvalue weighted by molar-refractivity contribution is 5.77. The third-order valence-corrected chi connectivity index (χ3v) is 9.91. The smallest absolute Gasteiger partial charge is 0.165 e. The molecule has 0 aliphatic rings. The van der Waals surface area contributed by atoms with Crippen LogP contribution in [0.1, 0.15) is 0 Å². The van der Waals surface area contributed by atoms with Crippen LogP contribution in [0.5, 0.6) is 0 Å². The second kappa shape index (κ2) is 16.2. The van der Waals surface area contributed by atoms with Crippen LogP contribution in [-0.4, -0.2) is 44.9 Å². The zero-order valence-corrected chi connectivity index (χ0v) is 32.1. The van der Waals surface area contributed by atoms with Gasteiger partial charge in [-0.3, -0.25) is 9.97 Å². The first-order chi connectivity index (χ1) is 29.7. The van der Waals surface area contributed by atoms with Gasteiger partial charge in [0.2, 0.25) is 0 Å². The zero-order chi connectivity index (χ0) is 40.1. The van der Waals surface area contributed by atoms with E-state index >= 15 is 0 Å². The fourth-order valence-corrected chi connectivity index (χ4v) is 6.84. The molecule has 10 rings (SSSR count). The van der Waals surface area contributed by atoms with E-state index in [4.69, 9.17) is 39.9 Å². The lowest BCUT2D eigenvalue weighted by atomic mass is 10.0. The number of hydrogen-bond donors (Lipinski definition) is 0. The molecule has 0 radical (unpaired) electrons. The molecule has 0 bridgehead atoms. The fourth-order valence-electron chi connectivity index (χ4n) is 6.84. The lowest BCUT2D eigenvalue weighted by Crippen LogP contribution is -2.00. The Morgan fingerprint density at radius 3 is 0.950 bits per heavy atom. The van der Waals surface area contributed by atoms with Crippen LogP contribution >= 0.6 is 0 Å². The van der Waals surface area contributed by atoms with Gasteiger partial charge in [0, 0.05) is 45.8 Å². The van der Waals surface area contributed by atoms with E-state index in [1.54, 1.807) is 12.4 Å². The predicted molar refractivity (Wildman–Crippen MR) is 236 cm³/mol. The monoisotopic (exact) mass is 771 g/mol. The summed E-state index contributed by atoms with van der Waals surface area (Å²) in [6.07, 6.45) is 3.56. The van der Waals surface area contributed by atoms with Gasteiger partial charge in [-0.2, -0.15) is 0 Å².